The maximum atomic E-state index is 12.4. The lowest BCUT2D eigenvalue weighted by molar-refractivity contribution is -0.148. The zero-order chi connectivity index (χ0) is 17.9. The van der Waals surface area contributed by atoms with Crippen LogP contribution in [-0.4, -0.2) is 43.8 Å². The summed E-state index contributed by atoms with van der Waals surface area (Å²) < 4.78 is 32.9. The molecule has 3 atom stereocenters. The first-order chi connectivity index (χ1) is 10.7. The molecule has 0 aliphatic rings. The van der Waals surface area contributed by atoms with Crippen molar-refractivity contribution in [3.8, 4) is 0 Å². The molecule has 0 aliphatic carbocycles. The van der Waals surface area contributed by atoms with Crippen LogP contribution >= 0.6 is 7.82 Å². The molecular weight excluding hydrogens is 325 g/mol. The van der Waals surface area contributed by atoms with Crippen LogP contribution in [0.5, 0.6) is 0 Å². The summed E-state index contributed by atoms with van der Waals surface area (Å²) in [6, 6.07) is -0.692. The van der Waals surface area contributed by atoms with Crippen LogP contribution < -0.4 is 5.32 Å². The molecule has 0 aliphatic heterocycles. The molecule has 0 radical (unpaired) electrons. The number of carbonyl (C=O) groups excluding carboxylic acids is 2. The number of carbonyl (C=O) groups is 2. The molecule has 9 heteroatoms. The Bertz CT molecular complexity index is 441. The highest BCUT2D eigenvalue weighted by molar-refractivity contribution is 7.48. The number of amides is 1. The van der Waals surface area contributed by atoms with Gasteiger partial charge in [0.2, 0.25) is 5.91 Å². The zero-order valence-electron chi connectivity index (χ0n) is 14.1. The molecule has 134 valence electrons. The molecule has 0 aromatic heterocycles. The van der Waals surface area contributed by atoms with Crippen molar-refractivity contribution in [3.63, 3.8) is 0 Å². The van der Waals surface area contributed by atoms with Crippen LogP contribution in [0.4, 0.5) is 0 Å². The maximum absolute atomic E-state index is 12.4. The molecule has 23 heavy (non-hydrogen) atoms. The zero-order valence-corrected chi connectivity index (χ0v) is 15.0. The molecule has 0 aromatic carbocycles. The number of ether oxygens (including phenoxy) is 1. The summed E-state index contributed by atoms with van der Waals surface area (Å²) in [6.07, 6.45) is 1.37. The van der Waals surface area contributed by atoms with E-state index >= 15 is 0 Å². The molecule has 0 heterocycles. The lowest BCUT2D eigenvalue weighted by Gasteiger charge is -2.26. The van der Waals surface area contributed by atoms with Gasteiger partial charge in [-0.25, -0.2) is 4.57 Å². The summed E-state index contributed by atoms with van der Waals surface area (Å²) in [7, 11) is -3.79. The van der Waals surface area contributed by atoms with Crippen molar-refractivity contribution in [2.75, 3.05) is 19.8 Å². The highest BCUT2D eigenvalue weighted by Crippen LogP contribution is 2.49. The van der Waals surface area contributed by atoms with Gasteiger partial charge in [0.15, 0.2) is 0 Å². The summed E-state index contributed by atoms with van der Waals surface area (Å²) in [4.78, 5) is 22.3. The number of phosphoric acid groups is 1. The van der Waals surface area contributed by atoms with Gasteiger partial charge in [-0.2, -0.15) is 0 Å². The predicted molar refractivity (Wildman–Crippen MR) is 84.8 cm³/mol. The van der Waals surface area contributed by atoms with Gasteiger partial charge in [-0.1, -0.05) is 13.0 Å². The van der Waals surface area contributed by atoms with Crippen LogP contribution in [0.15, 0.2) is 12.7 Å². The monoisotopic (exact) mass is 351 g/mol. The molecule has 1 unspecified atom stereocenters. The first-order valence-corrected chi connectivity index (χ1v) is 8.79. The van der Waals surface area contributed by atoms with Crippen molar-refractivity contribution in [3.05, 3.63) is 12.7 Å². The number of hydrogen-bond acceptors (Lipinski definition) is 7. The van der Waals surface area contributed by atoms with Crippen LogP contribution in [0.3, 0.4) is 0 Å². The minimum absolute atomic E-state index is 0.00864. The smallest absolute Gasteiger partial charge is 0.461 e. The van der Waals surface area contributed by atoms with Gasteiger partial charge in [0, 0.05) is 13.8 Å². The molecule has 0 fully saturated rings. The van der Waals surface area contributed by atoms with Crippen LogP contribution in [0, 0.1) is 0 Å². The molecule has 0 rings (SSSR count). The Hall–Kier alpha value is -1.21. The highest BCUT2D eigenvalue weighted by Gasteiger charge is 2.30. The Balaban J connectivity index is 4.85. The minimum atomic E-state index is -3.79. The van der Waals surface area contributed by atoms with Gasteiger partial charge in [-0.15, -0.1) is 6.58 Å². The van der Waals surface area contributed by atoms with E-state index in [0.29, 0.717) is 6.42 Å². The Morgan fingerprint density at radius 3 is 2.39 bits per heavy atom. The lowest BCUT2D eigenvalue weighted by Crippen LogP contribution is -2.45. The Morgan fingerprint density at radius 1 is 1.26 bits per heavy atom. The summed E-state index contributed by atoms with van der Waals surface area (Å²) in [5.74, 6) is -0.838. The average molecular weight is 351 g/mol. The molecule has 1 amide bonds. The standard InChI is InChI=1S/C14H26NO7P/c1-6-8-19-23(18,20-9-7-2)21-10-14(15-12(4)16)11(3)22-13(5)17/h6,11,14H,1,7-10H2,2-5H3,(H,15,16)/t11-,14+,23?/m1/s1. The number of esters is 1. The number of rotatable bonds is 12. The lowest BCUT2D eigenvalue weighted by atomic mass is 10.2. The van der Waals surface area contributed by atoms with E-state index in [1.807, 2.05) is 6.92 Å². The first-order valence-electron chi connectivity index (χ1n) is 7.33. The van der Waals surface area contributed by atoms with E-state index in [1.165, 1.54) is 19.9 Å². The number of hydrogen-bond donors (Lipinski definition) is 1. The molecule has 0 bridgehead atoms. The van der Waals surface area contributed by atoms with Crippen LogP contribution in [0.25, 0.3) is 0 Å². The van der Waals surface area contributed by atoms with E-state index in [-0.39, 0.29) is 25.7 Å². The fourth-order valence-corrected chi connectivity index (χ4v) is 2.79. The second-order valence-corrected chi connectivity index (χ2v) is 6.45. The fraction of sp³-hybridized carbons (Fsp3) is 0.714. The van der Waals surface area contributed by atoms with Crippen LogP contribution in [0.2, 0.25) is 0 Å². The van der Waals surface area contributed by atoms with E-state index < -0.39 is 25.9 Å². The predicted octanol–water partition coefficient (Wildman–Crippen LogP) is 2.20. The first kappa shape index (κ1) is 21.8. The minimum Gasteiger partial charge on any atom is -0.461 e. The van der Waals surface area contributed by atoms with Crippen LogP contribution in [-0.2, 0) is 32.5 Å². The molecule has 0 aromatic rings. The van der Waals surface area contributed by atoms with Gasteiger partial charge in [-0.05, 0) is 13.3 Å². The highest BCUT2D eigenvalue weighted by atomic mass is 31.2. The third-order valence-electron chi connectivity index (χ3n) is 2.52. The maximum Gasteiger partial charge on any atom is 0.475 e. The largest absolute Gasteiger partial charge is 0.475 e. The summed E-state index contributed by atoms with van der Waals surface area (Å²) in [5.41, 5.74) is 0. The van der Waals surface area contributed by atoms with Crippen molar-refractivity contribution in [2.24, 2.45) is 0 Å². The molecule has 8 nitrogen and oxygen atoms in total. The van der Waals surface area contributed by atoms with Gasteiger partial charge in [0.05, 0.1) is 25.9 Å². The molecular formula is C14H26NO7P. The van der Waals surface area contributed by atoms with Gasteiger partial charge in [-0.3, -0.25) is 23.2 Å². The van der Waals surface area contributed by atoms with Crippen LogP contribution in [0.1, 0.15) is 34.1 Å². The SMILES string of the molecule is C=CCOP(=O)(OCCC)OC[C@H](NC(C)=O)[C@@H](C)OC(C)=O. The molecule has 1 N–H and O–H groups in total. The molecule has 0 saturated heterocycles. The number of nitrogens with one attached hydrogen (secondary N) is 1. The Kier molecular flexibility index (Phi) is 10.7. The van der Waals surface area contributed by atoms with Gasteiger partial charge >= 0.3 is 13.8 Å². The Labute approximate surface area is 137 Å². The fourth-order valence-electron chi connectivity index (χ4n) is 1.53. The quantitative estimate of drug-likeness (QED) is 0.327. The summed E-state index contributed by atoms with van der Waals surface area (Å²) >= 11 is 0. The molecule has 0 spiro atoms. The Morgan fingerprint density at radius 2 is 1.91 bits per heavy atom. The van der Waals surface area contributed by atoms with Crippen molar-refractivity contribution >= 4 is 19.7 Å². The second-order valence-electron chi connectivity index (χ2n) is 4.78. The van der Waals surface area contributed by atoms with E-state index in [2.05, 4.69) is 11.9 Å². The van der Waals surface area contributed by atoms with Gasteiger partial charge in [0.25, 0.3) is 0 Å². The van der Waals surface area contributed by atoms with E-state index in [0.717, 1.165) is 0 Å². The van der Waals surface area contributed by atoms with Gasteiger partial charge < -0.3 is 10.1 Å². The van der Waals surface area contributed by atoms with Crippen molar-refractivity contribution in [1.82, 2.24) is 5.32 Å². The summed E-state index contributed by atoms with van der Waals surface area (Å²) in [6.45, 7) is 9.46. The van der Waals surface area contributed by atoms with E-state index in [1.54, 1.807) is 6.92 Å². The third-order valence-corrected chi connectivity index (χ3v) is 3.95. The average Bonchev–Trinajstić information content (AvgIpc) is 2.46. The van der Waals surface area contributed by atoms with Crippen molar-refractivity contribution in [2.45, 2.75) is 46.3 Å². The number of phosphoric ester groups is 1. The second kappa shape index (κ2) is 11.3. The molecule has 0 saturated carbocycles. The van der Waals surface area contributed by atoms with E-state index in [9.17, 15) is 14.2 Å². The van der Waals surface area contributed by atoms with E-state index in [4.69, 9.17) is 18.3 Å². The third kappa shape index (κ3) is 10.2. The van der Waals surface area contributed by atoms with Gasteiger partial charge in [0.1, 0.15) is 6.10 Å². The summed E-state index contributed by atoms with van der Waals surface area (Å²) in [5, 5.41) is 2.58. The normalized spacial score (nSPS) is 16.0. The van der Waals surface area contributed by atoms with Crippen molar-refractivity contribution < 1.29 is 32.5 Å². The topological polar surface area (TPSA) is 100 Å². The van der Waals surface area contributed by atoms with Crippen molar-refractivity contribution in [1.29, 1.82) is 0 Å².